The van der Waals surface area contributed by atoms with Gasteiger partial charge in [0.2, 0.25) is 5.90 Å². The number of ether oxygens (including phenoxy) is 1. The van der Waals surface area contributed by atoms with Gasteiger partial charge >= 0.3 is 0 Å². The molecule has 2 nitrogen and oxygen atoms in total. The third-order valence-corrected chi connectivity index (χ3v) is 2.67. The predicted octanol–water partition coefficient (Wildman–Crippen LogP) is 3.24. The monoisotopic (exact) mass is 201 g/mol. The molecule has 2 rings (SSSR count). The second-order valence-electron chi connectivity index (χ2n) is 4.02. The Kier molecular flexibility index (Phi) is 2.35. The van der Waals surface area contributed by atoms with Gasteiger partial charge in [-0.1, -0.05) is 32.6 Å². The van der Waals surface area contributed by atoms with Crippen molar-refractivity contribution < 1.29 is 4.74 Å². The van der Waals surface area contributed by atoms with E-state index in [1.165, 1.54) is 5.56 Å². The van der Waals surface area contributed by atoms with Crippen LogP contribution in [0.25, 0.3) is 5.57 Å². The van der Waals surface area contributed by atoms with Gasteiger partial charge < -0.3 is 4.74 Å². The number of hydrogen-bond donors (Lipinski definition) is 0. The van der Waals surface area contributed by atoms with Gasteiger partial charge in [0, 0.05) is 18.2 Å². The summed E-state index contributed by atoms with van der Waals surface area (Å²) in [5.74, 6) is 2.02. The first-order chi connectivity index (χ1) is 7.13. The zero-order valence-corrected chi connectivity index (χ0v) is 9.37. The van der Waals surface area contributed by atoms with E-state index in [-0.39, 0.29) is 0 Å². The Balaban J connectivity index is 2.47. The molecule has 0 amide bonds. The van der Waals surface area contributed by atoms with E-state index in [1.807, 2.05) is 0 Å². The molecule has 0 atom stereocenters. The third kappa shape index (κ3) is 1.56. The second kappa shape index (κ2) is 3.54. The van der Waals surface area contributed by atoms with Gasteiger partial charge in [-0.15, -0.1) is 0 Å². The number of aliphatic imine (C=N–C) groups is 1. The molecule has 0 saturated heterocycles. The smallest absolute Gasteiger partial charge is 0.221 e. The molecule has 1 aliphatic heterocycles. The van der Waals surface area contributed by atoms with Crippen LogP contribution in [-0.4, -0.2) is 12.9 Å². The van der Waals surface area contributed by atoms with Crippen LogP contribution in [0.2, 0.25) is 0 Å². The van der Waals surface area contributed by atoms with Gasteiger partial charge in [0.05, 0.1) is 0 Å². The van der Waals surface area contributed by atoms with Crippen LogP contribution in [-0.2, 0) is 0 Å². The lowest BCUT2D eigenvalue weighted by Crippen LogP contribution is -2.00. The Bertz CT molecular complexity index is 444. The maximum absolute atomic E-state index is 5.61. The van der Waals surface area contributed by atoms with Crippen molar-refractivity contribution in [3.05, 3.63) is 35.9 Å². The Morgan fingerprint density at radius 1 is 1.33 bits per heavy atom. The zero-order valence-electron chi connectivity index (χ0n) is 9.37. The van der Waals surface area contributed by atoms with Gasteiger partial charge in [0.25, 0.3) is 0 Å². The third-order valence-electron chi connectivity index (χ3n) is 2.67. The van der Waals surface area contributed by atoms with Gasteiger partial charge in [-0.25, -0.2) is 0 Å². The van der Waals surface area contributed by atoms with Crippen molar-refractivity contribution in [3.63, 3.8) is 0 Å². The molecule has 2 heteroatoms. The molecule has 0 radical (unpaired) electrons. The number of rotatable bonds is 1. The Morgan fingerprint density at radius 3 is 2.67 bits per heavy atom. The fourth-order valence-corrected chi connectivity index (χ4v) is 1.69. The van der Waals surface area contributed by atoms with E-state index in [2.05, 4.69) is 43.6 Å². The summed E-state index contributed by atoms with van der Waals surface area (Å²) in [5, 5.41) is 0. The van der Waals surface area contributed by atoms with Crippen LogP contribution in [0, 0.1) is 0 Å². The highest BCUT2D eigenvalue weighted by atomic mass is 16.5. The van der Waals surface area contributed by atoms with Crippen LogP contribution < -0.4 is 4.74 Å². The van der Waals surface area contributed by atoms with E-state index in [0.29, 0.717) is 11.8 Å². The number of benzene rings is 1. The Morgan fingerprint density at radius 2 is 2.07 bits per heavy atom. The van der Waals surface area contributed by atoms with Crippen LogP contribution in [0.4, 0.5) is 0 Å². The van der Waals surface area contributed by atoms with E-state index in [1.54, 1.807) is 7.05 Å². The molecule has 0 saturated carbocycles. The van der Waals surface area contributed by atoms with Crippen molar-refractivity contribution in [3.8, 4) is 5.75 Å². The van der Waals surface area contributed by atoms with Crippen molar-refractivity contribution in [2.75, 3.05) is 7.05 Å². The van der Waals surface area contributed by atoms with Gasteiger partial charge in [0.15, 0.2) is 0 Å². The van der Waals surface area contributed by atoms with Gasteiger partial charge in [0.1, 0.15) is 5.75 Å². The highest BCUT2D eigenvalue weighted by Crippen LogP contribution is 2.35. The number of nitrogens with zero attached hydrogens (tertiary/aromatic N) is 1. The van der Waals surface area contributed by atoms with Crippen LogP contribution in [0.15, 0.2) is 29.8 Å². The summed E-state index contributed by atoms with van der Waals surface area (Å²) in [7, 11) is 1.72. The molecule has 0 aliphatic carbocycles. The molecule has 1 heterocycles. The molecule has 1 aliphatic rings. The summed E-state index contributed by atoms with van der Waals surface area (Å²) in [6.45, 7) is 8.30. The van der Waals surface area contributed by atoms with Crippen molar-refractivity contribution in [1.29, 1.82) is 0 Å². The summed E-state index contributed by atoms with van der Waals surface area (Å²) >= 11 is 0. The number of hydrogen-bond acceptors (Lipinski definition) is 2. The highest BCUT2D eigenvalue weighted by molar-refractivity contribution is 6.23. The SMILES string of the molecule is C=C1C(=NC)Oc2cc(C(C)C)ccc21. The Hall–Kier alpha value is -1.57. The topological polar surface area (TPSA) is 21.6 Å². The van der Waals surface area contributed by atoms with E-state index in [0.717, 1.165) is 16.9 Å². The lowest BCUT2D eigenvalue weighted by Gasteiger charge is -2.06. The van der Waals surface area contributed by atoms with Crippen molar-refractivity contribution in [2.45, 2.75) is 19.8 Å². The fraction of sp³-hybridized carbons (Fsp3) is 0.308. The quantitative estimate of drug-likeness (QED) is 0.683. The molecule has 78 valence electrons. The van der Waals surface area contributed by atoms with Gasteiger partial charge in [-0.05, 0) is 17.5 Å². The zero-order chi connectivity index (χ0) is 11.0. The highest BCUT2D eigenvalue weighted by Gasteiger charge is 2.23. The summed E-state index contributed by atoms with van der Waals surface area (Å²) in [6, 6.07) is 6.26. The maximum atomic E-state index is 5.61. The minimum atomic E-state index is 0.509. The first-order valence-corrected chi connectivity index (χ1v) is 5.11. The second-order valence-corrected chi connectivity index (χ2v) is 4.02. The van der Waals surface area contributed by atoms with Crippen molar-refractivity contribution in [2.24, 2.45) is 4.99 Å². The summed E-state index contributed by atoms with van der Waals surface area (Å²) in [6.07, 6.45) is 0. The number of fused-ring (bicyclic) bond motifs is 1. The molecule has 1 aromatic carbocycles. The summed E-state index contributed by atoms with van der Waals surface area (Å²) in [5.41, 5.74) is 3.21. The lowest BCUT2D eigenvalue weighted by molar-refractivity contribution is 0.568. The normalized spacial score (nSPS) is 17.1. The van der Waals surface area contributed by atoms with Crippen molar-refractivity contribution in [1.82, 2.24) is 0 Å². The van der Waals surface area contributed by atoms with Crippen LogP contribution in [0.5, 0.6) is 5.75 Å². The molecule has 0 spiro atoms. The first-order valence-electron chi connectivity index (χ1n) is 5.11. The van der Waals surface area contributed by atoms with Crippen LogP contribution in [0.1, 0.15) is 30.9 Å². The molecule has 0 fully saturated rings. The molecule has 15 heavy (non-hydrogen) atoms. The van der Waals surface area contributed by atoms with Gasteiger partial charge in [-0.2, -0.15) is 0 Å². The standard InChI is InChI=1S/C13H15NO/c1-8(2)10-5-6-11-9(3)13(14-4)15-12(11)7-10/h5-8H,3H2,1-2,4H3. The molecule has 0 N–H and O–H groups in total. The molecular weight excluding hydrogens is 186 g/mol. The first kappa shape index (κ1) is 9.97. The molecule has 0 aromatic heterocycles. The largest absolute Gasteiger partial charge is 0.438 e. The molecular formula is C13H15NO. The van der Waals surface area contributed by atoms with Crippen LogP contribution >= 0.6 is 0 Å². The van der Waals surface area contributed by atoms with E-state index < -0.39 is 0 Å². The van der Waals surface area contributed by atoms with Crippen LogP contribution in [0.3, 0.4) is 0 Å². The average molecular weight is 201 g/mol. The average Bonchev–Trinajstić information content (AvgIpc) is 2.55. The minimum Gasteiger partial charge on any atom is -0.438 e. The lowest BCUT2D eigenvalue weighted by atomic mass is 9.99. The molecule has 1 aromatic rings. The van der Waals surface area contributed by atoms with E-state index >= 15 is 0 Å². The molecule has 0 bridgehead atoms. The predicted molar refractivity (Wildman–Crippen MR) is 63.6 cm³/mol. The van der Waals surface area contributed by atoms with Gasteiger partial charge in [-0.3, -0.25) is 4.99 Å². The van der Waals surface area contributed by atoms with Crippen molar-refractivity contribution >= 4 is 11.5 Å². The van der Waals surface area contributed by atoms with E-state index in [4.69, 9.17) is 4.74 Å². The maximum Gasteiger partial charge on any atom is 0.221 e. The van der Waals surface area contributed by atoms with E-state index in [9.17, 15) is 0 Å². The summed E-state index contributed by atoms with van der Waals surface area (Å²) < 4.78 is 5.61. The fourth-order valence-electron chi connectivity index (χ4n) is 1.69. The molecule has 0 unspecified atom stereocenters. The Labute approximate surface area is 90.3 Å². The minimum absolute atomic E-state index is 0.509. The summed E-state index contributed by atoms with van der Waals surface area (Å²) in [4.78, 5) is 4.05.